The van der Waals surface area contributed by atoms with Crippen molar-refractivity contribution < 1.29 is 4.42 Å². The lowest BCUT2D eigenvalue weighted by Crippen LogP contribution is -2.44. The fourth-order valence-corrected chi connectivity index (χ4v) is 3.05. The number of rotatable bonds is 4. The molecule has 1 aliphatic heterocycles. The van der Waals surface area contributed by atoms with Gasteiger partial charge >= 0.3 is 0 Å². The number of likely N-dealkylation sites (tertiary alicyclic amines) is 1. The zero-order valence-electron chi connectivity index (χ0n) is 11.6. The molecule has 0 saturated carbocycles. The topological polar surface area (TPSA) is 28.4 Å². The summed E-state index contributed by atoms with van der Waals surface area (Å²) in [6, 6.07) is 11.1. The van der Waals surface area contributed by atoms with Crippen molar-refractivity contribution in [3.8, 4) is 0 Å². The van der Waals surface area contributed by atoms with E-state index in [2.05, 4.69) is 28.4 Å². The predicted molar refractivity (Wildman–Crippen MR) is 78.2 cm³/mol. The molecule has 1 fully saturated rings. The van der Waals surface area contributed by atoms with Gasteiger partial charge in [-0.3, -0.25) is 4.90 Å². The molecule has 1 unspecified atom stereocenters. The number of furan rings is 1. The highest BCUT2D eigenvalue weighted by molar-refractivity contribution is 5.77. The molecule has 0 amide bonds. The van der Waals surface area contributed by atoms with Crippen LogP contribution < -0.4 is 5.32 Å². The summed E-state index contributed by atoms with van der Waals surface area (Å²) in [5, 5.41) is 4.52. The van der Waals surface area contributed by atoms with Gasteiger partial charge in [0.15, 0.2) is 0 Å². The van der Waals surface area contributed by atoms with E-state index in [1.165, 1.54) is 31.2 Å². The van der Waals surface area contributed by atoms with Crippen molar-refractivity contribution in [2.24, 2.45) is 0 Å². The van der Waals surface area contributed by atoms with E-state index in [1.54, 1.807) is 0 Å². The first kappa shape index (κ1) is 12.7. The molecular weight excluding hydrogens is 236 g/mol. The molecule has 3 nitrogen and oxygen atoms in total. The Morgan fingerprint density at radius 1 is 1.32 bits per heavy atom. The van der Waals surface area contributed by atoms with Crippen LogP contribution in [0.1, 0.15) is 25.0 Å². The molecule has 1 N–H and O–H groups in total. The number of para-hydroxylation sites is 1. The SMILES string of the molecule is CNCC1CCCCN1Cc1cc2ccccc2o1. The molecule has 19 heavy (non-hydrogen) atoms. The molecule has 2 aromatic rings. The van der Waals surface area contributed by atoms with Gasteiger partial charge in [0.2, 0.25) is 0 Å². The normalized spacial score (nSPS) is 21.0. The maximum atomic E-state index is 5.94. The van der Waals surface area contributed by atoms with Gasteiger partial charge in [0, 0.05) is 18.0 Å². The van der Waals surface area contributed by atoms with Crippen LogP contribution in [0.3, 0.4) is 0 Å². The number of benzene rings is 1. The van der Waals surface area contributed by atoms with E-state index >= 15 is 0 Å². The van der Waals surface area contributed by atoms with E-state index in [0.29, 0.717) is 6.04 Å². The van der Waals surface area contributed by atoms with Crippen LogP contribution in [0.25, 0.3) is 11.0 Å². The molecular formula is C16H22N2O. The molecule has 1 aromatic heterocycles. The third-order valence-electron chi connectivity index (χ3n) is 4.02. The molecule has 0 bridgehead atoms. The van der Waals surface area contributed by atoms with Crippen LogP contribution in [-0.4, -0.2) is 31.1 Å². The Kier molecular flexibility index (Phi) is 3.85. The number of hydrogen-bond donors (Lipinski definition) is 1. The van der Waals surface area contributed by atoms with Crippen LogP contribution >= 0.6 is 0 Å². The smallest absolute Gasteiger partial charge is 0.134 e. The minimum atomic E-state index is 0.645. The van der Waals surface area contributed by atoms with Crippen LogP contribution in [0.4, 0.5) is 0 Å². The second kappa shape index (κ2) is 5.76. The summed E-state index contributed by atoms with van der Waals surface area (Å²) in [4.78, 5) is 2.55. The van der Waals surface area contributed by atoms with Gasteiger partial charge in [-0.2, -0.15) is 0 Å². The fourth-order valence-electron chi connectivity index (χ4n) is 3.05. The zero-order valence-corrected chi connectivity index (χ0v) is 11.6. The van der Waals surface area contributed by atoms with Crippen molar-refractivity contribution in [3.05, 3.63) is 36.1 Å². The van der Waals surface area contributed by atoms with Crippen LogP contribution in [0.5, 0.6) is 0 Å². The van der Waals surface area contributed by atoms with Gasteiger partial charge in [-0.25, -0.2) is 0 Å². The van der Waals surface area contributed by atoms with Gasteiger partial charge in [-0.1, -0.05) is 24.6 Å². The van der Waals surface area contributed by atoms with Crippen molar-refractivity contribution in [1.82, 2.24) is 10.2 Å². The van der Waals surface area contributed by atoms with Gasteiger partial charge in [0.05, 0.1) is 6.54 Å². The summed E-state index contributed by atoms with van der Waals surface area (Å²) in [6.45, 7) is 3.19. The number of piperidine rings is 1. The van der Waals surface area contributed by atoms with Crippen LogP contribution in [0, 0.1) is 0 Å². The largest absolute Gasteiger partial charge is 0.460 e. The number of fused-ring (bicyclic) bond motifs is 1. The van der Waals surface area contributed by atoms with E-state index in [-0.39, 0.29) is 0 Å². The van der Waals surface area contributed by atoms with Gasteiger partial charge < -0.3 is 9.73 Å². The minimum absolute atomic E-state index is 0.645. The molecule has 3 rings (SSSR count). The summed E-state index contributed by atoms with van der Waals surface area (Å²) in [6.07, 6.45) is 3.95. The molecule has 1 aliphatic rings. The maximum absolute atomic E-state index is 5.94. The minimum Gasteiger partial charge on any atom is -0.460 e. The average molecular weight is 258 g/mol. The summed E-state index contributed by atoms with van der Waals surface area (Å²) >= 11 is 0. The monoisotopic (exact) mass is 258 g/mol. The highest BCUT2D eigenvalue weighted by Gasteiger charge is 2.22. The Hall–Kier alpha value is -1.32. The molecule has 1 atom stereocenters. The molecule has 2 heterocycles. The average Bonchev–Trinajstić information content (AvgIpc) is 2.83. The first-order valence-corrected chi connectivity index (χ1v) is 7.23. The lowest BCUT2D eigenvalue weighted by molar-refractivity contribution is 0.130. The van der Waals surface area contributed by atoms with Crippen molar-refractivity contribution in [2.75, 3.05) is 20.1 Å². The number of nitrogens with zero attached hydrogens (tertiary/aromatic N) is 1. The van der Waals surface area contributed by atoms with Crippen molar-refractivity contribution in [2.45, 2.75) is 31.8 Å². The highest BCUT2D eigenvalue weighted by Crippen LogP contribution is 2.23. The predicted octanol–water partition coefficient (Wildman–Crippen LogP) is 3.01. The van der Waals surface area contributed by atoms with Gasteiger partial charge in [0.25, 0.3) is 0 Å². The number of hydrogen-bond acceptors (Lipinski definition) is 3. The molecule has 1 aromatic carbocycles. The van der Waals surface area contributed by atoms with E-state index in [1.807, 2.05) is 19.2 Å². The van der Waals surface area contributed by atoms with Crippen LogP contribution in [0.15, 0.2) is 34.7 Å². The lowest BCUT2D eigenvalue weighted by atomic mass is 10.0. The molecule has 102 valence electrons. The summed E-state index contributed by atoms with van der Waals surface area (Å²) < 4.78 is 5.94. The Bertz CT molecular complexity index is 499. The fraction of sp³-hybridized carbons (Fsp3) is 0.500. The standard InChI is InChI=1S/C16H22N2O/c1-17-11-14-7-4-5-9-18(14)12-15-10-13-6-2-3-8-16(13)19-15/h2-3,6,8,10,14,17H,4-5,7,9,11-12H2,1H3. The second-order valence-corrected chi connectivity index (χ2v) is 5.43. The second-order valence-electron chi connectivity index (χ2n) is 5.43. The molecule has 0 spiro atoms. The van der Waals surface area contributed by atoms with Crippen LogP contribution in [0.2, 0.25) is 0 Å². The van der Waals surface area contributed by atoms with E-state index in [4.69, 9.17) is 4.42 Å². The number of likely N-dealkylation sites (N-methyl/N-ethyl adjacent to an activating group) is 1. The Morgan fingerprint density at radius 2 is 2.21 bits per heavy atom. The van der Waals surface area contributed by atoms with E-state index < -0.39 is 0 Å². The zero-order chi connectivity index (χ0) is 13.1. The third-order valence-corrected chi connectivity index (χ3v) is 4.02. The Morgan fingerprint density at radius 3 is 3.05 bits per heavy atom. The quantitative estimate of drug-likeness (QED) is 0.914. The summed E-state index contributed by atoms with van der Waals surface area (Å²) in [5.41, 5.74) is 1.000. The highest BCUT2D eigenvalue weighted by atomic mass is 16.3. The van der Waals surface area contributed by atoms with Crippen molar-refractivity contribution >= 4 is 11.0 Å². The lowest BCUT2D eigenvalue weighted by Gasteiger charge is -2.35. The van der Waals surface area contributed by atoms with Gasteiger partial charge in [-0.15, -0.1) is 0 Å². The molecule has 0 aliphatic carbocycles. The molecule has 1 saturated heterocycles. The molecule has 3 heteroatoms. The third kappa shape index (κ3) is 2.82. The Labute approximate surface area is 114 Å². The van der Waals surface area contributed by atoms with Crippen molar-refractivity contribution in [1.29, 1.82) is 0 Å². The summed E-state index contributed by atoms with van der Waals surface area (Å²) in [7, 11) is 2.04. The summed E-state index contributed by atoms with van der Waals surface area (Å²) in [5.74, 6) is 1.09. The maximum Gasteiger partial charge on any atom is 0.134 e. The molecule has 0 radical (unpaired) electrons. The van der Waals surface area contributed by atoms with Gasteiger partial charge in [0.1, 0.15) is 11.3 Å². The Balaban J connectivity index is 1.75. The van der Waals surface area contributed by atoms with Gasteiger partial charge in [-0.05, 0) is 38.6 Å². The first-order valence-electron chi connectivity index (χ1n) is 7.23. The first-order chi connectivity index (χ1) is 9.36. The number of nitrogens with one attached hydrogen (secondary N) is 1. The van der Waals surface area contributed by atoms with Crippen LogP contribution in [-0.2, 0) is 6.54 Å². The van der Waals surface area contributed by atoms with Crippen molar-refractivity contribution in [3.63, 3.8) is 0 Å². The van der Waals surface area contributed by atoms with E-state index in [0.717, 1.165) is 24.4 Å². The van der Waals surface area contributed by atoms with E-state index in [9.17, 15) is 0 Å².